The number of thiocarbonyl (C=S) groups is 1. The summed E-state index contributed by atoms with van der Waals surface area (Å²) in [5.74, 6) is 0. The van der Waals surface area contributed by atoms with Crippen molar-refractivity contribution in [3.63, 3.8) is 0 Å². The number of hydrogen-bond donors (Lipinski definition) is 2. The van der Waals surface area contributed by atoms with Crippen LogP contribution in [0.25, 0.3) is 0 Å². The molecule has 2 aromatic rings. The fraction of sp³-hybridized carbons (Fsp3) is 0.167. The second-order valence-corrected chi connectivity index (χ2v) is 5.98. The minimum atomic E-state index is 0.125. The molecular weight excluding hydrogens is 286 g/mol. The number of nitrogens with zero attached hydrogens (tertiary/aromatic N) is 1. The molecule has 0 spiro atoms. The van der Waals surface area contributed by atoms with Gasteiger partial charge in [-0.05, 0) is 25.1 Å². The molecule has 2 aromatic heterocycles. The highest BCUT2D eigenvalue weighted by Gasteiger charge is 2.11. The number of aromatic nitrogens is 1. The van der Waals surface area contributed by atoms with Gasteiger partial charge < -0.3 is 11.1 Å². The Morgan fingerprint density at radius 2 is 2.28 bits per heavy atom. The Hall–Kier alpha value is -1.17. The first kappa shape index (κ1) is 13.3. The Bertz CT molecular complexity index is 568. The molecule has 0 saturated carbocycles. The van der Waals surface area contributed by atoms with Crippen molar-refractivity contribution in [2.75, 3.05) is 5.32 Å². The van der Waals surface area contributed by atoms with Gasteiger partial charge in [-0.2, -0.15) is 0 Å². The molecule has 0 aliphatic rings. The highest BCUT2D eigenvalue weighted by molar-refractivity contribution is 7.80. The maximum atomic E-state index is 5.93. The molecule has 2 rings (SSSR count). The van der Waals surface area contributed by atoms with E-state index in [1.807, 2.05) is 12.1 Å². The molecule has 1 atom stereocenters. The van der Waals surface area contributed by atoms with Crippen LogP contribution in [0.4, 0.5) is 5.69 Å². The zero-order valence-electron chi connectivity index (χ0n) is 9.68. The van der Waals surface area contributed by atoms with E-state index >= 15 is 0 Å². The number of nitrogens with two attached hydrogens (primary N) is 1. The molecule has 0 radical (unpaired) electrons. The summed E-state index contributed by atoms with van der Waals surface area (Å²) in [5.41, 5.74) is 7.31. The van der Waals surface area contributed by atoms with Crippen LogP contribution < -0.4 is 11.1 Å². The Balaban J connectivity index is 2.21. The minimum absolute atomic E-state index is 0.125. The van der Waals surface area contributed by atoms with Gasteiger partial charge in [-0.1, -0.05) is 23.8 Å². The largest absolute Gasteiger partial charge is 0.389 e. The van der Waals surface area contributed by atoms with E-state index in [4.69, 9.17) is 29.6 Å². The molecular formula is C12H12ClN3S2. The first-order valence-corrected chi connectivity index (χ1v) is 6.94. The van der Waals surface area contributed by atoms with Gasteiger partial charge in [0, 0.05) is 16.6 Å². The molecule has 18 heavy (non-hydrogen) atoms. The number of nitrogens with one attached hydrogen (secondary N) is 1. The molecule has 0 saturated heterocycles. The van der Waals surface area contributed by atoms with Gasteiger partial charge in [0.2, 0.25) is 0 Å². The van der Waals surface area contributed by atoms with Gasteiger partial charge in [0.15, 0.2) is 0 Å². The highest BCUT2D eigenvalue weighted by atomic mass is 35.5. The monoisotopic (exact) mass is 297 g/mol. The van der Waals surface area contributed by atoms with Gasteiger partial charge in [-0.25, -0.2) is 0 Å². The normalized spacial score (nSPS) is 12.1. The van der Waals surface area contributed by atoms with Crippen LogP contribution in [0.5, 0.6) is 0 Å². The van der Waals surface area contributed by atoms with Crippen molar-refractivity contribution < 1.29 is 0 Å². The van der Waals surface area contributed by atoms with Gasteiger partial charge >= 0.3 is 0 Å². The summed E-state index contributed by atoms with van der Waals surface area (Å²) < 4.78 is 0.777. The van der Waals surface area contributed by atoms with Crippen LogP contribution >= 0.6 is 35.2 Å². The fourth-order valence-corrected chi connectivity index (χ4v) is 2.83. The average Bonchev–Trinajstić information content (AvgIpc) is 2.76. The smallest absolute Gasteiger partial charge is 0.106 e. The number of pyridine rings is 1. The van der Waals surface area contributed by atoms with Gasteiger partial charge in [0.25, 0.3) is 0 Å². The fourth-order valence-electron chi connectivity index (χ4n) is 1.59. The summed E-state index contributed by atoms with van der Waals surface area (Å²) in [6, 6.07) is 5.82. The maximum Gasteiger partial charge on any atom is 0.106 e. The molecule has 94 valence electrons. The predicted octanol–water partition coefficient (Wildman–Crippen LogP) is 3.60. The highest BCUT2D eigenvalue weighted by Crippen LogP contribution is 2.29. The van der Waals surface area contributed by atoms with Crippen LogP contribution in [0.1, 0.15) is 23.4 Å². The maximum absolute atomic E-state index is 5.93. The molecule has 1 unspecified atom stereocenters. The SMILES string of the molecule is CC(Nc1cnccc1C(N)=S)c1ccc(Cl)s1. The van der Waals surface area contributed by atoms with Crippen molar-refractivity contribution in [2.45, 2.75) is 13.0 Å². The Morgan fingerprint density at radius 1 is 1.50 bits per heavy atom. The molecule has 0 aliphatic carbocycles. The molecule has 0 fully saturated rings. The molecule has 2 heterocycles. The van der Waals surface area contributed by atoms with E-state index in [0.29, 0.717) is 4.99 Å². The molecule has 3 N–H and O–H groups in total. The standard InChI is InChI=1S/C12H12ClN3S2/c1-7(10-2-3-11(13)18-10)16-9-6-15-5-4-8(9)12(14)17/h2-7,16H,1H3,(H2,14,17). The lowest BCUT2D eigenvalue weighted by Crippen LogP contribution is -2.14. The summed E-state index contributed by atoms with van der Waals surface area (Å²) in [4.78, 5) is 5.59. The topological polar surface area (TPSA) is 50.9 Å². The van der Waals surface area contributed by atoms with Crippen LogP contribution in [0, 0.1) is 0 Å². The second-order valence-electron chi connectivity index (χ2n) is 3.79. The third-order valence-electron chi connectivity index (χ3n) is 2.48. The Morgan fingerprint density at radius 3 is 2.89 bits per heavy atom. The number of anilines is 1. The van der Waals surface area contributed by atoms with Crippen molar-refractivity contribution in [3.8, 4) is 0 Å². The quantitative estimate of drug-likeness (QED) is 0.847. The molecule has 6 heteroatoms. The molecule has 3 nitrogen and oxygen atoms in total. The number of thiophene rings is 1. The summed E-state index contributed by atoms with van der Waals surface area (Å²) >= 11 is 12.5. The van der Waals surface area contributed by atoms with E-state index in [2.05, 4.69) is 17.2 Å². The van der Waals surface area contributed by atoms with Gasteiger partial charge in [0.1, 0.15) is 4.99 Å². The number of rotatable bonds is 4. The van der Waals surface area contributed by atoms with Crippen LogP contribution in [0.2, 0.25) is 4.34 Å². The van der Waals surface area contributed by atoms with Crippen LogP contribution in [0.15, 0.2) is 30.6 Å². The van der Waals surface area contributed by atoms with E-state index in [0.717, 1.165) is 20.5 Å². The third-order valence-corrected chi connectivity index (χ3v) is 4.11. The number of halogens is 1. The lowest BCUT2D eigenvalue weighted by atomic mass is 10.2. The van der Waals surface area contributed by atoms with E-state index in [-0.39, 0.29) is 6.04 Å². The van der Waals surface area contributed by atoms with Crippen LogP contribution in [-0.4, -0.2) is 9.97 Å². The summed E-state index contributed by atoms with van der Waals surface area (Å²) in [6.45, 7) is 2.05. The van der Waals surface area contributed by atoms with Gasteiger partial charge in [0.05, 0.1) is 22.3 Å². The van der Waals surface area contributed by atoms with Crippen molar-refractivity contribution >= 4 is 45.8 Å². The lowest BCUT2D eigenvalue weighted by Gasteiger charge is -2.16. The molecule has 0 aliphatic heterocycles. The first-order valence-electron chi connectivity index (χ1n) is 5.33. The van der Waals surface area contributed by atoms with Crippen molar-refractivity contribution in [1.29, 1.82) is 0 Å². The molecule has 0 bridgehead atoms. The summed E-state index contributed by atoms with van der Waals surface area (Å²) in [7, 11) is 0. The van der Waals surface area contributed by atoms with Crippen molar-refractivity contribution in [3.05, 3.63) is 45.4 Å². The lowest BCUT2D eigenvalue weighted by molar-refractivity contribution is 0.905. The zero-order valence-corrected chi connectivity index (χ0v) is 12.1. The summed E-state index contributed by atoms with van der Waals surface area (Å²) in [6.07, 6.45) is 3.40. The van der Waals surface area contributed by atoms with Crippen LogP contribution in [-0.2, 0) is 0 Å². The van der Waals surface area contributed by atoms with Gasteiger partial charge in [-0.3, -0.25) is 4.98 Å². The second kappa shape index (κ2) is 5.65. The van der Waals surface area contributed by atoms with Crippen LogP contribution in [0.3, 0.4) is 0 Å². The average molecular weight is 298 g/mol. The molecule has 0 amide bonds. The third kappa shape index (κ3) is 2.98. The minimum Gasteiger partial charge on any atom is -0.389 e. The first-order chi connectivity index (χ1) is 8.58. The van der Waals surface area contributed by atoms with E-state index in [9.17, 15) is 0 Å². The number of hydrogen-bond acceptors (Lipinski definition) is 4. The Labute approximate surface area is 120 Å². The van der Waals surface area contributed by atoms with E-state index < -0.39 is 0 Å². The zero-order chi connectivity index (χ0) is 13.1. The molecule has 0 aromatic carbocycles. The Kier molecular flexibility index (Phi) is 4.16. The van der Waals surface area contributed by atoms with Gasteiger partial charge in [-0.15, -0.1) is 11.3 Å². The van der Waals surface area contributed by atoms with E-state index in [1.54, 1.807) is 29.8 Å². The van der Waals surface area contributed by atoms with E-state index in [1.165, 1.54) is 0 Å². The summed E-state index contributed by atoms with van der Waals surface area (Å²) in [5, 5.41) is 3.34. The van der Waals surface area contributed by atoms with Crippen molar-refractivity contribution in [1.82, 2.24) is 4.98 Å². The predicted molar refractivity (Wildman–Crippen MR) is 81.5 cm³/mol. The van der Waals surface area contributed by atoms with Crippen molar-refractivity contribution in [2.24, 2.45) is 5.73 Å².